The number of nitrogens with two attached hydrogens (primary N) is 2. The molecule has 8 heteroatoms. The second-order valence-corrected chi connectivity index (χ2v) is 7.87. The molecule has 2 atom stereocenters. The summed E-state index contributed by atoms with van der Waals surface area (Å²) >= 11 is 7.41. The standard InChI is InChI=1S/C17H20ClN5OS/c1-17(5-6-25-16(20)23-17)10-3-2-4-12(7-10)22-15(24)14-13(19)8-11(18)9-21-14/h2,4,7-10H,3,5-6,19H2,1H3,(H2,20,23)(H,22,24)/t10?,17-/m0/s1. The topological polar surface area (TPSA) is 106 Å². The van der Waals surface area contributed by atoms with Crippen LogP contribution in [0.2, 0.25) is 5.02 Å². The van der Waals surface area contributed by atoms with Crippen molar-refractivity contribution in [1.82, 2.24) is 10.3 Å². The number of halogens is 1. The van der Waals surface area contributed by atoms with Gasteiger partial charge in [0, 0.05) is 23.6 Å². The summed E-state index contributed by atoms with van der Waals surface area (Å²) in [6.07, 6.45) is 9.17. The third kappa shape index (κ3) is 3.99. The van der Waals surface area contributed by atoms with Gasteiger partial charge in [-0.2, -0.15) is 0 Å². The van der Waals surface area contributed by atoms with Crippen LogP contribution in [0.25, 0.3) is 0 Å². The Morgan fingerprint density at radius 3 is 3.00 bits per heavy atom. The zero-order valence-corrected chi connectivity index (χ0v) is 15.4. The minimum Gasteiger partial charge on any atom is -0.397 e. The summed E-state index contributed by atoms with van der Waals surface area (Å²) in [4.78, 5) is 21.1. The number of carbonyl (C=O) groups is 1. The molecule has 0 bridgehead atoms. The molecule has 1 aliphatic heterocycles. The predicted octanol–water partition coefficient (Wildman–Crippen LogP) is 2.72. The van der Waals surface area contributed by atoms with Crippen molar-refractivity contribution in [2.75, 3.05) is 11.5 Å². The van der Waals surface area contributed by atoms with E-state index >= 15 is 0 Å². The molecule has 25 heavy (non-hydrogen) atoms. The monoisotopic (exact) mass is 377 g/mol. The summed E-state index contributed by atoms with van der Waals surface area (Å²) in [6.45, 7) is 2.11. The number of amides is 1. The van der Waals surface area contributed by atoms with E-state index in [2.05, 4.69) is 22.2 Å². The van der Waals surface area contributed by atoms with E-state index in [1.807, 2.05) is 18.2 Å². The lowest BCUT2D eigenvalue weighted by Crippen LogP contribution is -2.38. The van der Waals surface area contributed by atoms with Crippen molar-refractivity contribution in [2.45, 2.75) is 25.3 Å². The fourth-order valence-corrected chi connectivity index (χ4v) is 4.17. The van der Waals surface area contributed by atoms with Crippen molar-refractivity contribution < 1.29 is 4.79 Å². The second kappa shape index (κ2) is 7.09. The van der Waals surface area contributed by atoms with Gasteiger partial charge in [-0.1, -0.05) is 35.5 Å². The van der Waals surface area contributed by atoms with Crippen LogP contribution in [0.15, 0.2) is 41.2 Å². The molecule has 5 N–H and O–H groups in total. The normalized spacial score (nSPS) is 25.9. The Balaban J connectivity index is 1.78. The molecule has 132 valence electrons. The van der Waals surface area contributed by atoms with Gasteiger partial charge in [0.2, 0.25) is 0 Å². The Morgan fingerprint density at radius 1 is 1.48 bits per heavy atom. The highest BCUT2D eigenvalue weighted by atomic mass is 35.5. The lowest BCUT2D eigenvalue weighted by Gasteiger charge is -2.36. The average molecular weight is 378 g/mol. The fourth-order valence-electron chi connectivity index (χ4n) is 3.00. The summed E-state index contributed by atoms with van der Waals surface area (Å²) in [5.41, 5.74) is 12.6. The maximum Gasteiger partial charge on any atom is 0.276 e. The number of aromatic nitrogens is 1. The highest BCUT2D eigenvalue weighted by Crippen LogP contribution is 2.37. The number of nitrogens with one attached hydrogen (secondary N) is 1. The molecule has 6 nitrogen and oxygen atoms in total. The highest BCUT2D eigenvalue weighted by Gasteiger charge is 2.35. The van der Waals surface area contributed by atoms with Crippen LogP contribution in [-0.2, 0) is 0 Å². The van der Waals surface area contributed by atoms with E-state index in [-0.39, 0.29) is 28.7 Å². The van der Waals surface area contributed by atoms with Crippen LogP contribution in [0.1, 0.15) is 30.3 Å². The van der Waals surface area contributed by atoms with E-state index in [1.54, 1.807) is 11.8 Å². The Labute approximate surface area is 155 Å². The summed E-state index contributed by atoms with van der Waals surface area (Å²) in [5, 5.41) is 3.88. The molecule has 1 aromatic heterocycles. The summed E-state index contributed by atoms with van der Waals surface area (Å²) in [5.74, 6) is 0.758. The first-order valence-corrected chi connectivity index (χ1v) is 9.32. The van der Waals surface area contributed by atoms with Gasteiger partial charge in [-0.15, -0.1) is 0 Å². The Bertz CT molecular complexity index is 791. The molecule has 2 aliphatic rings. The Morgan fingerprint density at radius 2 is 2.28 bits per heavy atom. The molecule has 0 spiro atoms. The smallest absolute Gasteiger partial charge is 0.276 e. The molecule has 0 saturated carbocycles. The first-order chi connectivity index (χ1) is 11.9. The minimum atomic E-state index is -0.363. The van der Waals surface area contributed by atoms with Crippen LogP contribution in [0.5, 0.6) is 0 Å². The number of allylic oxidation sites excluding steroid dienone is 2. The van der Waals surface area contributed by atoms with Crippen molar-refractivity contribution in [3.05, 3.63) is 46.9 Å². The molecule has 3 rings (SSSR count). The van der Waals surface area contributed by atoms with Gasteiger partial charge in [-0.05, 0) is 31.9 Å². The SMILES string of the molecule is C[C@@]1(C2C=C(NC(=O)c3ncc(Cl)cc3N)C=CC2)CCSC(N)=N1. The van der Waals surface area contributed by atoms with Gasteiger partial charge in [0.15, 0.2) is 10.9 Å². The maximum absolute atomic E-state index is 12.4. The van der Waals surface area contributed by atoms with E-state index in [4.69, 9.17) is 23.1 Å². The fraction of sp³-hybridized carbons (Fsp3) is 0.353. The summed E-state index contributed by atoms with van der Waals surface area (Å²) in [7, 11) is 0. The van der Waals surface area contributed by atoms with Crippen molar-refractivity contribution in [3.63, 3.8) is 0 Å². The van der Waals surface area contributed by atoms with Crippen LogP contribution in [-0.4, -0.2) is 27.4 Å². The van der Waals surface area contributed by atoms with E-state index < -0.39 is 0 Å². The van der Waals surface area contributed by atoms with Crippen LogP contribution >= 0.6 is 23.4 Å². The number of thioether (sulfide) groups is 1. The van der Waals surface area contributed by atoms with Gasteiger partial charge in [0.25, 0.3) is 5.91 Å². The molecule has 1 unspecified atom stereocenters. The van der Waals surface area contributed by atoms with E-state index in [0.717, 1.165) is 18.6 Å². The first kappa shape index (κ1) is 17.8. The van der Waals surface area contributed by atoms with Crippen LogP contribution in [0, 0.1) is 5.92 Å². The van der Waals surface area contributed by atoms with Crippen LogP contribution < -0.4 is 16.8 Å². The number of pyridine rings is 1. The van der Waals surface area contributed by atoms with Crippen molar-refractivity contribution >= 4 is 40.1 Å². The van der Waals surface area contributed by atoms with E-state index in [0.29, 0.717) is 15.9 Å². The molecular formula is C17H20ClN5OS. The minimum absolute atomic E-state index is 0.156. The number of nitrogens with zero attached hydrogens (tertiary/aromatic N) is 2. The third-order valence-electron chi connectivity index (χ3n) is 4.45. The molecular weight excluding hydrogens is 358 g/mol. The van der Waals surface area contributed by atoms with Crippen LogP contribution in [0.4, 0.5) is 5.69 Å². The van der Waals surface area contributed by atoms with E-state index in [9.17, 15) is 4.79 Å². The largest absolute Gasteiger partial charge is 0.397 e. The second-order valence-electron chi connectivity index (χ2n) is 6.32. The number of anilines is 1. The third-order valence-corrected chi connectivity index (χ3v) is 5.45. The van der Waals surface area contributed by atoms with Crippen molar-refractivity contribution in [1.29, 1.82) is 0 Å². The number of hydrogen-bond donors (Lipinski definition) is 3. The Hall–Kier alpha value is -1.99. The number of carbonyl (C=O) groups excluding carboxylic acids is 1. The maximum atomic E-state index is 12.4. The number of nitrogen functional groups attached to an aromatic ring is 1. The van der Waals surface area contributed by atoms with Gasteiger partial charge >= 0.3 is 0 Å². The van der Waals surface area contributed by atoms with Crippen molar-refractivity contribution in [3.8, 4) is 0 Å². The lowest BCUT2D eigenvalue weighted by molar-refractivity contribution is 0.0962. The highest BCUT2D eigenvalue weighted by molar-refractivity contribution is 8.13. The van der Waals surface area contributed by atoms with Gasteiger partial charge in [0.1, 0.15) is 0 Å². The summed E-state index contributed by atoms with van der Waals surface area (Å²) in [6, 6.07) is 1.51. The summed E-state index contributed by atoms with van der Waals surface area (Å²) < 4.78 is 0. The number of aliphatic imine (C=N–C) groups is 1. The molecule has 1 aliphatic carbocycles. The molecule has 1 amide bonds. The lowest BCUT2D eigenvalue weighted by atomic mass is 9.79. The average Bonchev–Trinajstić information content (AvgIpc) is 2.54. The number of amidine groups is 1. The zero-order chi connectivity index (χ0) is 18.0. The number of rotatable bonds is 3. The van der Waals surface area contributed by atoms with Gasteiger partial charge in [-0.25, -0.2) is 4.98 Å². The predicted molar refractivity (Wildman–Crippen MR) is 104 cm³/mol. The van der Waals surface area contributed by atoms with E-state index in [1.165, 1.54) is 12.3 Å². The zero-order valence-electron chi connectivity index (χ0n) is 13.8. The molecule has 0 radical (unpaired) electrons. The molecule has 0 saturated heterocycles. The quantitative estimate of drug-likeness (QED) is 0.750. The first-order valence-electron chi connectivity index (χ1n) is 7.96. The van der Waals surface area contributed by atoms with Gasteiger partial charge in [-0.3, -0.25) is 9.79 Å². The molecule has 0 aromatic carbocycles. The number of hydrogen-bond acceptors (Lipinski definition) is 6. The molecule has 2 heterocycles. The van der Waals surface area contributed by atoms with Crippen molar-refractivity contribution in [2.24, 2.45) is 16.6 Å². The van der Waals surface area contributed by atoms with Gasteiger partial charge in [0.05, 0.1) is 16.2 Å². The molecule has 0 fully saturated rings. The molecule has 1 aromatic rings. The van der Waals surface area contributed by atoms with Crippen LogP contribution in [0.3, 0.4) is 0 Å². The Kier molecular flexibility index (Phi) is 5.06. The van der Waals surface area contributed by atoms with Gasteiger partial charge < -0.3 is 16.8 Å².